The Morgan fingerprint density at radius 2 is 1.96 bits per heavy atom. The molecule has 6 heteroatoms. The van der Waals surface area contributed by atoms with Crippen LogP contribution in [0.4, 0.5) is 0 Å². The molecule has 0 atom stereocenters. The molecule has 1 saturated heterocycles. The Morgan fingerprint density at radius 1 is 1.21 bits per heavy atom. The van der Waals surface area contributed by atoms with Crippen LogP contribution in [0.25, 0.3) is 11.0 Å². The average Bonchev–Trinajstić information content (AvgIpc) is 2.87. The van der Waals surface area contributed by atoms with Crippen LogP contribution in [0.5, 0.6) is 0 Å². The lowest BCUT2D eigenvalue weighted by Crippen LogP contribution is -2.50. The summed E-state index contributed by atoms with van der Waals surface area (Å²) < 4.78 is 0. The summed E-state index contributed by atoms with van der Waals surface area (Å²) in [6.07, 6.45) is 0. The van der Waals surface area contributed by atoms with Crippen LogP contribution in [-0.2, 0) is 0 Å². The van der Waals surface area contributed by atoms with Crippen LogP contribution in [0.2, 0.25) is 0 Å². The van der Waals surface area contributed by atoms with Gasteiger partial charge in [-0.15, -0.1) is 0 Å². The van der Waals surface area contributed by atoms with Gasteiger partial charge >= 0.3 is 0 Å². The maximum atomic E-state index is 12.6. The number of carbonyl (C=O) groups is 1. The molecule has 122 valence electrons. The number of aromatic nitrogens is 3. The number of hydrogen-bond acceptors (Lipinski definition) is 3. The van der Waals surface area contributed by atoms with E-state index >= 15 is 0 Å². The molecular formula is C18H18N4O2. The fraction of sp³-hybridized carbons (Fsp3) is 0.278. The van der Waals surface area contributed by atoms with Crippen molar-refractivity contribution in [3.8, 4) is 0 Å². The second-order valence-corrected chi connectivity index (χ2v) is 6.39. The molecule has 1 aliphatic rings. The van der Waals surface area contributed by atoms with Crippen molar-refractivity contribution in [3.05, 3.63) is 63.3 Å². The van der Waals surface area contributed by atoms with E-state index in [4.69, 9.17) is 0 Å². The summed E-state index contributed by atoms with van der Waals surface area (Å²) in [5, 5.41) is 0. The van der Waals surface area contributed by atoms with Gasteiger partial charge in [0.25, 0.3) is 11.5 Å². The fourth-order valence-corrected chi connectivity index (χ4v) is 3.26. The minimum absolute atomic E-state index is 0.186. The first-order chi connectivity index (χ1) is 11.5. The van der Waals surface area contributed by atoms with Gasteiger partial charge in [-0.2, -0.15) is 0 Å². The molecule has 1 aliphatic heterocycles. The highest BCUT2D eigenvalue weighted by atomic mass is 16.2. The maximum Gasteiger partial charge on any atom is 0.261 e. The Kier molecular flexibility index (Phi) is 3.26. The maximum absolute atomic E-state index is 12.6. The predicted molar refractivity (Wildman–Crippen MR) is 91.3 cm³/mol. The van der Waals surface area contributed by atoms with Gasteiger partial charge in [0.2, 0.25) is 0 Å². The standard InChI is InChI=1S/C18H18N4O2/c1-10-7-11(2)19-17(23)15(10)18(24)22-8-12(9-22)16-20-13-5-3-4-6-14(13)21-16/h3-7,12H,8-9H2,1-2H3,(H,19,23)(H,20,21). The molecule has 2 N–H and O–H groups in total. The number of pyridine rings is 1. The molecule has 1 amide bonds. The van der Waals surface area contributed by atoms with Crippen molar-refractivity contribution in [3.63, 3.8) is 0 Å². The Morgan fingerprint density at radius 3 is 2.67 bits per heavy atom. The van der Waals surface area contributed by atoms with E-state index in [9.17, 15) is 9.59 Å². The molecule has 3 heterocycles. The molecule has 0 bridgehead atoms. The highest BCUT2D eigenvalue weighted by Gasteiger charge is 2.35. The highest BCUT2D eigenvalue weighted by Crippen LogP contribution is 2.28. The number of H-pyrrole nitrogens is 2. The van der Waals surface area contributed by atoms with Gasteiger partial charge in [-0.3, -0.25) is 9.59 Å². The number of amides is 1. The summed E-state index contributed by atoms with van der Waals surface area (Å²) in [4.78, 5) is 37.0. The van der Waals surface area contributed by atoms with Gasteiger partial charge in [-0.25, -0.2) is 4.98 Å². The van der Waals surface area contributed by atoms with Crippen LogP contribution >= 0.6 is 0 Å². The second-order valence-electron chi connectivity index (χ2n) is 6.39. The van der Waals surface area contributed by atoms with Crippen molar-refractivity contribution < 1.29 is 4.79 Å². The topological polar surface area (TPSA) is 81.8 Å². The molecule has 6 nitrogen and oxygen atoms in total. The zero-order chi connectivity index (χ0) is 16.8. The van der Waals surface area contributed by atoms with Gasteiger partial charge < -0.3 is 14.9 Å². The second kappa shape index (κ2) is 5.33. The van der Waals surface area contributed by atoms with Gasteiger partial charge in [0.15, 0.2) is 0 Å². The molecule has 0 unspecified atom stereocenters. The van der Waals surface area contributed by atoms with E-state index in [2.05, 4.69) is 15.0 Å². The number of para-hydroxylation sites is 2. The van der Waals surface area contributed by atoms with Crippen molar-refractivity contribution >= 4 is 16.9 Å². The third-order valence-corrected chi connectivity index (χ3v) is 4.54. The van der Waals surface area contributed by atoms with E-state index in [1.54, 1.807) is 11.8 Å². The number of nitrogens with zero attached hydrogens (tertiary/aromatic N) is 2. The molecular weight excluding hydrogens is 304 g/mol. The molecule has 0 radical (unpaired) electrons. The number of benzene rings is 1. The molecule has 0 aliphatic carbocycles. The third kappa shape index (κ3) is 2.31. The lowest BCUT2D eigenvalue weighted by atomic mass is 9.97. The van der Waals surface area contributed by atoms with E-state index in [0.29, 0.717) is 18.7 Å². The summed E-state index contributed by atoms with van der Waals surface area (Å²) in [6, 6.07) is 9.70. The van der Waals surface area contributed by atoms with E-state index in [1.165, 1.54) is 0 Å². The molecule has 0 saturated carbocycles. The first kappa shape index (κ1) is 14.7. The van der Waals surface area contributed by atoms with Gasteiger partial charge in [-0.05, 0) is 37.6 Å². The van der Waals surface area contributed by atoms with Crippen LogP contribution < -0.4 is 5.56 Å². The molecule has 4 rings (SSSR count). The zero-order valence-electron chi connectivity index (χ0n) is 13.6. The molecule has 24 heavy (non-hydrogen) atoms. The summed E-state index contributed by atoms with van der Waals surface area (Å²) in [5.41, 5.74) is 3.34. The number of aromatic amines is 2. The summed E-state index contributed by atoms with van der Waals surface area (Å²) in [7, 11) is 0. The number of imidazole rings is 1. The SMILES string of the molecule is Cc1cc(C)c(C(=O)N2CC(c3nc4ccccc4[nH]3)C2)c(=O)[nH]1. The van der Waals surface area contributed by atoms with Crippen LogP contribution in [0.15, 0.2) is 35.1 Å². The van der Waals surface area contributed by atoms with Crippen LogP contribution in [0.1, 0.15) is 33.4 Å². The smallest absolute Gasteiger partial charge is 0.261 e. The Bertz CT molecular complexity index is 963. The van der Waals surface area contributed by atoms with Crippen LogP contribution in [-0.4, -0.2) is 38.8 Å². The summed E-state index contributed by atoms with van der Waals surface area (Å²) in [6.45, 7) is 4.76. The monoisotopic (exact) mass is 322 g/mol. The van der Waals surface area contributed by atoms with Gasteiger partial charge in [0.05, 0.1) is 17.0 Å². The van der Waals surface area contributed by atoms with E-state index < -0.39 is 0 Å². The Labute approximate surface area is 138 Å². The Balaban J connectivity index is 1.53. The van der Waals surface area contributed by atoms with E-state index in [-0.39, 0.29) is 22.9 Å². The quantitative estimate of drug-likeness (QED) is 0.758. The van der Waals surface area contributed by atoms with Gasteiger partial charge in [0.1, 0.15) is 11.4 Å². The average molecular weight is 322 g/mol. The van der Waals surface area contributed by atoms with Crippen molar-refractivity contribution in [2.45, 2.75) is 19.8 Å². The number of nitrogens with one attached hydrogen (secondary N) is 2. The van der Waals surface area contributed by atoms with Crippen molar-refractivity contribution in [2.24, 2.45) is 0 Å². The molecule has 1 aromatic carbocycles. The molecule has 2 aromatic heterocycles. The minimum atomic E-state index is -0.315. The van der Waals surface area contributed by atoms with E-state index in [1.807, 2.05) is 37.3 Å². The molecule has 3 aromatic rings. The number of aryl methyl sites for hydroxylation is 2. The summed E-state index contributed by atoms with van der Waals surface area (Å²) in [5.74, 6) is 0.877. The fourth-order valence-electron chi connectivity index (χ4n) is 3.26. The molecule has 1 fully saturated rings. The lowest BCUT2D eigenvalue weighted by molar-refractivity contribution is 0.0593. The Hall–Kier alpha value is -2.89. The number of fused-ring (bicyclic) bond motifs is 1. The first-order valence-corrected chi connectivity index (χ1v) is 7.97. The highest BCUT2D eigenvalue weighted by molar-refractivity contribution is 5.96. The number of likely N-dealkylation sites (tertiary alicyclic amines) is 1. The first-order valence-electron chi connectivity index (χ1n) is 7.97. The van der Waals surface area contributed by atoms with Crippen LogP contribution in [0, 0.1) is 13.8 Å². The lowest BCUT2D eigenvalue weighted by Gasteiger charge is -2.38. The van der Waals surface area contributed by atoms with Gasteiger partial charge in [-0.1, -0.05) is 12.1 Å². The van der Waals surface area contributed by atoms with E-state index in [0.717, 1.165) is 22.6 Å². The summed E-state index contributed by atoms with van der Waals surface area (Å²) >= 11 is 0. The third-order valence-electron chi connectivity index (χ3n) is 4.54. The van der Waals surface area contributed by atoms with Gasteiger partial charge in [0, 0.05) is 18.8 Å². The molecule has 0 spiro atoms. The number of rotatable bonds is 2. The predicted octanol–water partition coefficient (Wildman–Crippen LogP) is 2.11. The normalized spacial score (nSPS) is 14.8. The van der Waals surface area contributed by atoms with Crippen molar-refractivity contribution in [2.75, 3.05) is 13.1 Å². The minimum Gasteiger partial charge on any atom is -0.342 e. The zero-order valence-corrected chi connectivity index (χ0v) is 13.6. The van der Waals surface area contributed by atoms with Crippen molar-refractivity contribution in [1.29, 1.82) is 0 Å². The largest absolute Gasteiger partial charge is 0.342 e. The van der Waals surface area contributed by atoms with Crippen LogP contribution in [0.3, 0.4) is 0 Å². The number of carbonyl (C=O) groups excluding carboxylic acids is 1. The number of hydrogen-bond donors (Lipinski definition) is 2. The van der Waals surface area contributed by atoms with Crippen molar-refractivity contribution in [1.82, 2.24) is 19.9 Å².